The minimum Gasteiger partial charge on any atom is -0.370 e. The lowest BCUT2D eigenvalue weighted by atomic mass is 10.1. The first-order valence-corrected chi connectivity index (χ1v) is 6.49. The van der Waals surface area contributed by atoms with E-state index in [1.807, 2.05) is 0 Å². The van der Waals surface area contributed by atoms with Gasteiger partial charge in [-0.15, -0.1) is 0 Å². The van der Waals surface area contributed by atoms with Crippen molar-refractivity contribution in [2.24, 2.45) is 5.73 Å². The van der Waals surface area contributed by atoms with Crippen LogP contribution in [0.2, 0.25) is 0 Å². The molecule has 1 unspecified atom stereocenters. The van der Waals surface area contributed by atoms with Crippen molar-refractivity contribution in [2.45, 2.75) is 51.0 Å². The standard InChI is InChI=1S/C12H23N3O2/c13-11(16)7-3-5-9-15-12(17)10-6-2-1-4-8-14-10/h10,14H,1-9H2,(H2,13,16)(H,15,17). The molecule has 1 heterocycles. The Balaban J connectivity index is 2.09. The molecule has 0 spiro atoms. The minimum absolute atomic E-state index is 0.0337. The van der Waals surface area contributed by atoms with Crippen LogP contribution in [-0.4, -0.2) is 30.9 Å². The summed E-state index contributed by atoms with van der Waals surface area (Å²) in [5, 5.41) is 6.15. The second-order valence-electron chi connectivity index (χ2n) is 4.57. The molecule has 17 heavy (non-hydrogen) atoms. The summed E-state index contributed by atoms with van der Waals surface area (Å²) >= 11 is 0. The van der Waals surface area contributed by atoms with Crippen LogP contribution in [0.4, 0.5) is 0 Å². The Morgan fingerprint density at radius 2 is 2.06 bits per heavy atom. The topological polar surface area (TPSA) is 84.2 Å². The predicted molar refractivity (Wildman–Crippen MR) is 66.3 cm³/mol. The van der Waals surface area contributed by atoms with E-state index in [2.05, 4.69) is 10.6 Å². The van der Waals surface area contributed by atoms with Crippen LogP contribution in [0.5, 0.6) is 0 Å². The maximum Gasteiger partial charge on any atom is 0.237 e. The normalized spacial score (nSPS) is 20.6. The SMILES string of the molecule is NC(=O)CCCCNC(=O)C1CCCCCN1. The largest absolute Gasteiger partial charge is 0.370 e. The number of nitrogens with one attached hydrogen (secondary N) is 2. The Hall–Kier alpha value is -1.10. The summed E-state index contributed by atoms with van der Waals surface area (Å²) in [5.74, 6) is -0.187. The zero-order chi connectivity index (χ0) is 12.5. The maximum absolute atomic E-state index is 11.8. The van der Waals surface area contributed by atoms with E-state index in [0.29, 0.717) is 13.0 Å². The zero-order valence-electron chi connectivity index (χ0n) is 10.3. The van der Waals surface area contributed by atoms with Crippen LogP contribution in [0.15, 0.2) is 0 Å². The molecule has 1 atom stereocenters. The summed E-state index contributed by atoms with van der Waals surface area (Å²) in [6.07, 6.45) is 6.35. The van der Waals surface area contributed by atoms with Gasteiger partial charge in [0, 0.05) is 13.0 Å². The molecule has 1 saturated heterocycles. The van der Waals surface area contributed by atoms with Crippen molar-refractivity contribution >= 4 is 11.8 Å². The molecule has 5 heteroatoms. The van der Waals surface area contributed by atoms with Gasteiger partial charge in [0.25, 0.3) is 0 Å². The molecule has 4 N–H and O–H groups in total. The number of carbonyl (C=O) groups is 2. The van der Waals surface area contributed by atoms with E-state index < -0.39 is 0 Å². The summed E-state index contributed by atoms with van der Waals surface area (Å²) in [5.41, 5.74) is 5.03. The van der Waals surface area contributed by atoms with Gasteiger partial charge < -0.3 is 16.4 Å². The lowest BCUT2D eigenvalue weighted by Crippen LogP contribution is -2.44. The molecule has 0 saturated carbocycles. The second-order valence-corrected chi connectivity index (χ2v) is 4.57. The van der Waals surface area contributed by atoms with Gasteiger partial charge in [-0.25, -0.2) is 0 Å². The summed E-state index contributed by atoms with van der Waals surface area (Å²) in [6, 6.07) is -0.0337. The average molecular weight is 241 g/mol. The number of primary amides is 1. The molecular formula is C12H23N3O2. The highest BCUT2D eigenvalue weighted by atomic mass is 16.2. The van der Waals surface area contributed by atoms with Crippen LogP contribution in [0.3, 0.4) is 0 Å². The van der Waals surface area contributed by atoms with Crippen molar-refractivity contribution in [1.29, 1.82) is 0 Å². The van der Waals surface area contributed by atoms with Crippen LogP contribution in [0, 0.1) is 0 Å². The molecular weight excluding hydrogens is 218 g/mol. The number of hydrogen-bond acceptors (Lipinski definition) is 3. The smallest absolute Gasteiger partial charge is 0.237 e. The Bertz CT molecular complexity index is 248. The van der Waals surface area contributed by atoms with E-state index in [0.717, 1.165) is 38.6 Å². The number of unbranched alkanes of at least 4 members (excludes halogenated alkanes) is 1. The molecule has 5 nitrogen and oxygen atoms in total. The molecule has 98 valence electrons. The Kier molecular flexibility index (Phi) is 6.62. The van der Waals surface area contributed by atoms with Gasteiger partial charge in [-0.1, -0.05) is 12.8 Å². The first-order chi connectivity index (χ1) is 8.20. The quantitative estimate of drug-likeness (QED) is 0.584. The van der Waals surface area contributed by atoms with Crippen LogP contribution in [-0.2, 0) is 9.59 Å². The number of carbonyl (C=O) groups excluding carboxylic acids is 2. The fourth-order valence-electron chi connectivity index (χ4n) is 2.01. The average Bonchev–Trinajstić information content (AvgIpc) is 2.56. The molecule has 2 amide bonds. The molecule has 0 bridgehead atoms. The first-order valence-electron chi connectivity index (χ1n) is 6.49. The van der Waals surface area contributed by atoms with E-state index in [1.54, 1.807) is 0 Å². The van der Waals surface area contributed by atoms with Gasteiger partial charge in [0.15, 0.2) is 0 Å². The number of rotatable bonds is 6. The highest BCUT2D eigenvalue weighted by Crippen LogP contribution is 2.08. The van der Waals surface area contributed by atoms with Crippen molar-refractivity contribution in [3.8, 4) is 0 Å². The minimum atomic E-state index is -0.276. The molecule has 1 rings (SSSR count). The van der Waals surface area contributed by atoms with E-state index in [1.165, 1.54) is 6.42 Å². The van der Waals surface area contributed by atoms with E-state index >= 15 is 0 Å². The number of hydrogen-bond donors (Lipinski definition) is 3. The van der Waals surface area contributed by atoms with Gasteiger partial charge >= 0.3 is 0 Å². The fraction of sp³-hybridized carbons (Fsp3) is 0.833. The predicted octanol–water partition coefficient (Wildman–Crippen LogP) is 0.290. The van der Waals surface area contributed by atoms with E-state index in [-0.39, 0.29) is 17.9 Å². The van der Waals surface area contributed by atoms with Gasteiger partial charge in [-0.2, -0.15) is 0 Å². The van der Waals surface area contributed by atoms with Crippen molar-refractivity contribution in [3.63, 3.8) is 0 Å². The molecule has 0 aromatic heterocycles. The lowest BCUT2D eigenvalue weighted by Gasteiger charge is -2.15. The highest BCUT2D eigenvalue weighted by Gasteiger charge is 2.18. The summed E-state index contributed by atoms with van der Waals surface area (Å²) in [7, 11) is 0. The first kappa shape index (κ1) is 14.0. The van der Waals surface area contributed by atoms with Crippen LogP contribution in [0.1, 0.15) is 44.9 Å². The van der Waals surface area contributed by atoms with Gasteiger partial charge in [0.2, 0.25) is 11.8 Å². The Labute approximate surface area is 103 Å². The summed E-state index contributed by atoms with van der Waals surface area (Å²) < 4.78 is 0. The molecule has 0 aromatic carbocycles. The zero-order valence-corrected chi connectivity index (χ0v) is 10.3. The third-order valence-electron chi connectivity index (χ3n) is 3.03. The number of nitrogens with two attached hydrogens (primary N) is 1. The van der Waals surface area contributed by atoms with Crippen molar-refractivity contribution in [3.05, 3.63) is 0 Å². The van der Waals surface area contributed by atoms with Crippen LogP contribution >= 0.6 is 0 Å². The summed E-state index contributed by atoms with van der Waals surface area (Å²) in [4.78, 5) is 22.3. The Morgan fingerprint density at radius 3 is 2.82 bits per heavy atom. The van der Waals surface area contributed by atoms with Crippen molar-refractivity contribution < 1.29 is 9.59 Å². The molecule has 0 aromatic rings. The van der Waals surface area contributed by atoms with Gasteiger partial charge in [0.1, 0.15) is 0 Å². The third-order valence-corrected chi connectivity index (χ3v) is 3.03. The van der Waals surface area contributed by atoms with Gasteiger partial charge in [-0.05, 0) is 32.2 Å². The third kappa shape index (κ3) is 6.26. The molecule has 1 aliphatic rings. The fourth-order valence-corrected chi connectivity index (χ4v) is 2.01. The van der Waals surface area contributed by atoms with Crippen LogP contribution in [0.25, 0.3) is 0 Å². The monoisotopic (exact) mass is 241 g/mol. The second kappa shape index (κ2) is 8.06. The van der Waals surface area contributed by atoms with Crippen LogP contribution < -0.4 is 16.4 Å². The lowest BCUT2D eigenvalue weighted by molar-refractivity contribution is -0.123. The molecule has 0 aliphatic carbocycles. The molecule has 1 aliphatic heterocycles. The number of amides is 2. The van der Waals surface area contributed by atoms with Crippen molar-refractivity contribution in [1.82, 2.24) is 10.6 Å². The van der Waals surface area contributed by atoms with E-state index in [9.17, 15) is 9.59 Å². The van der Waals surface area contributed by atoms with Crippen molar-refractivity contribution in [2.75, 3.05) is 13.1 Å². The maximum atomic E-state index is 11.8. The molecule has 0 radical (unpaired) electrons. The highest BCUT2D eigenvalue weighted by molar-refractivity contribution is 5.81. The van der Waals surface area contributed by atoms with Gasteiger partial charge in [-0.3, -0.25) is 9.59 Å². The Morgan fingerprint density at radius 1 is 1.24 bits per heavy atom. The van der Waals surface area contributed by atoms with Gasteiger partial charge in [0.05, 0.1) is 6.04 Å². The summed E-state index contributed by atoms with van der Waals surface area (Å²) in [6.45, 7) is 1.56. The van der Waals surface area contributed by atoms with E-state index in [4.69, 9.17) is 5.73 Å². The molecule has 1 fully saturated rings.